The van der Waals surface area contributed by atoms with Gasteiger partial charge in [0.2, 0.25) is 11.8 Å². The van der Waals surface area contributed by atoms with E-state index in [0.717, 1.165) is 0 Å². The minimum Gasteiger partial charge on any atom is -0.480 e. The van der Waals surface area contributed by atoms with Crippen molar-refractivity contribution < 1.29 is 19.5 Å². The average Bonchev–Trinajstić information content (AvgIpc) is 2.46. The Morgan fingerprint density at radius 1 is 1.27 bits per heavy atom. The van der Waals surface area contributed by atoms with Crippen molar-refractivity contribution in [2.24, 2.45) is 22.2 Å². The summed E-state index contributed by atoms with van der Waals surface area (Å²) in [7, 11) is 0. The number of hydrogen-bond acceptors (Lipinski definition) is 6. The second kappa shape index (κ2) is 10.7. The van der Waals surface area contributed by atoms with Crippen LogP contribution in [0.4, 0.5) is 0 Å². The average molecular weight is 334 g/mol. The molecule has 0 radical (unpaired) electrons. The first-order valence-electron chi connectivity index (χ1n) is 6.49. The normalized spacial score (nSPS) is 12.8. The second-order valence-electron chi connectivity index (χ2n) is 4.41. The number of thiol groups is 1. The summed E-state index contributed by atoms with van der Waals surface area (Å²) in [6.45, 7) is -0.104. The fourth-order valence-electron chi connectivity index (χ4n) is 1.39. The number of amides is 2. The molecule has 22 heavy (non-hydrogen) atoms. The van der Waals surface area contributed by atoms with Crippen molar-refractivity contribution in [2.45, 2.75) is 24.9 Å². The van der Waals surface area contributed by atoms with Crippen molar-refractivity contribution in [3.05, 3.63) is 0 Å². The van der Waals surface area contributed by atoms with Crippen LogP contribution in [0.15, 0.2) is 4.99 Å². The van der Waals surface area contributed by atoms with Crippen LogP contribution >= 0.6 is 12.6 Å². The number of aliphatic imine (C=N–C) groups is 1. The van der Waals surface area contributed by atoms with Crippen LogP contribution in [0.2, 0.25) is 0 Å². The van der Waals surface area contributed by atoms with Crippen molar-refractivity contribution in [1.82, 2.24) is 10.6 Å². The Bertz CT molecular complexity index is 427. The van der Waals surface area contributed by atoms with Gasteiger partial charge in [-0.25, -0.2) is 4.79 Å². The fraction of sp³-hybridized carbons (Fsp3) is 0.636. The first kappa shape index (κ1) is 20.0. The monoisotopic (exact) mass is 334 g/mol. The summed E-state index contributed by atoms with van der Waals surface area (Å²) < 4.78 is 0. The SMILES string of the molecule is NC(N)=NCCCC(NC(=O)CNC(=O)C(N)CS)C(=O)O. The second-order valence-corrected chi connectivity index (χ2v) is 4.78. The molecule has 0 saturated heterocycles. The van der Waals surface area contributed by atoms with Crippen LogP contribution in [-0.4, -0.2) is 59.8 Å². The summed E-state index contributed by atoms with van der Waals surface area (Å²) in [6, 6.07) is -1.91. The predicted molar refractivity (Wildman–Crippen MR) is 84.3 cm³/mol. The molecule has 0 aliphatic carbocycles. The molecule has 0 rings (SSSR count). The molecular formula is C11H22N6O4S. The molecule has 0 saturated carbocycles. The summed E-state index contributed by atoms with van der Waals surface area (Å²) in [5.41, 5.74) is 15.7. The van der Waals surface area contributed by atoms with Gasteiger partial charge in [-0.15, -0.1) is 0 Å². The van der Waals surface area contributed by atoms with Gasteiger partial charge >= 0.3 is 5.97 Å². The highest BCUT2D eigenvalue weighted by Gasteiger charge is 2.20. The van der Waals surface area contributed by atoms with Gasteiger partial charge in [0.15, 0.2) is 5.96 Å². The number of nitrogens with zero attached hydrogens (tertiary/aromatic N) is 1. The first-order valence-corrected chi connectivity index (χ1v) is 7.12. The van der Waals surface area contributed by atoms with Crippen molar-refractivity contribution in [3.8, 4) is 0 Å². The van der Waals surface area contributed by atoms with Crippen LogP contribution in [0.5, 0.6) is 0 Å². The lowest BCUT2D eigenvalue weighted by atomic mass is 10.1. The molecule has 126 valence electrons. The smallest absolute Gasteiger partial charge is 0.326 e. The zero-order valence-electron chi connectivity index (χ0n) is 12.0. The maximum absolute atomic E-state index is 11.6. The van der Waals surface area contributed by atoms with E-state index in [9.17, 15) is 14.4 Å². The molecular weight excluding hydrogens is 312 g/mol. The zero-order chi connectivity index (χ0) is 17.1. The van der Waals surface area contributed by atoms with Gasteiger partial charge in [0.1, 0.15) is 6.04 Å². The third-order valence-corrected chi connectivity index (χ3v) is 2.93. The summed E-state index contributed by atoms with van der Waals surface area (Å²) in [5, 5.41) is 13.6. The van der Waals surface area contributed by atoms with E-state index in [-0.39, 0.29) is 31.2 Å². The van der Waals surface area contributed by atoms with E-state index in [2.05, 4.69) is 28.3 Å². The van der Waals surface area contributed by atoms with Crippen LogP contribution in [0, 0.1) is 0 Å². The molecule has 0 aliphatic heterocycles. The fourth-order valence-corrected chi connectivity index (χ4v) is 1.55. The van der Waals surface area contributed by atoms with Gasteiger partial charge in [-0.05, 0) is 12.8 Å². The van der Waals surface area contributed by atoms with E-state index in [1.807, 2.05) is 0 Å². The van der Waals surface area contributed by atoms with E-state index in [1.54, 1.807) is 0 Å². The number of nitrogens with one attached hydrogen (secondary N) is 2. The lowest BCUT2D eigenvalue weighted by Crippen LogP contribution is -2.49. The summed E-state index contributed by atoms with van der Waals surface area (Å²) >= 11 is 3.85. The van der Waals surface area contributed by atoms with Gasteiger partial charge in [0, 0.05) is 12.3 Å². The van der Waals surface area contributed by atoms with Gasteiger partial charge in [-0.2, -0.15) is 12.6 Å². The van der Waals surface area contributed by atoms with Gasteiger partial charge in [-0.1, -0.05) is 0 Å². The minimum absolute atomic E-state index is 0.0841. The van der Waals surface area contributed by atoms with Crippen molar-refractivity contribution in [1.29, 1.82) is 0 Å². The standard InChI is InChI=1S/C11H22N6O4S/c12-6(5-22)9(19)16-4-8(18)17-7(10(20)21)2-1-3-15-11(13)14/h6-7,22H,1-5,12H2,(H,16,19)(H,17,18)(H,20,21)(H4,13,14,15). The highest BCUT2D eigenvalue weighted by atomic mass is 32.1. The summed E-state index contributed by atoms with van der Waals surface area (Å²) in [5.74, 6) is -2.30. The molecule has 11 heteroatoms. The van der Waals surface area contributed by atoms with E-state index < -0.39 is 29.9 Å². The number of hydrogen-bond donors (Lipinski definition) is 7. The highest BCUT2D eigenvalue weighted by molar-refractivity contribution is 7.80. The molecule has 9 N–H and O–H groups in total. The number of carbonyl (C=O) groups excluding carboxylic acids is 2. The van der Waals surface area contributed by atoms with Crippen molar-refractivity contribution in [3.63, 3.8) is 0 Å². The Morgan fingerprint density at radius 3 is 2.41 bits per heavy atom. The van der Waals surface area contributed by atoms with Crippen LogP contribution < -0.4 is 27.8 Å². The molecule has 2 unspecified atom stereocenters. The Labute approximate surface area is 133 Å². The van der Waals surface area contributed by atoms with Gasteiger partial charge in [0.05, 0.1) is 12.6 Å². The molecule has 0 aromatic carbocycles. The molecule has 0 aromatic heterocycles. The molecule has 0 bridgehead atoms. The van der Waals surface area contributed by atoms with E-state index in [1.165, 1.54) is 0 Å². The Morgan fingerprint density at radius 2 is 1.91 bits per heavy atom. The molecule has 0 aliphatic rings. The van der Waals surface area contributed by atoms with Gasteiger partial charge in [0.25, 0.3) is 0 Å². The topological polar surface area (TPSA) is 186 Å². The molecule has 0 heterocycles. The lowest BCUT2D eigenvalue weighted by Gasteiger charge is -2.15. The maximum atomic E-state index is 11.6. The lowest BCUT2D eigenvalue weighted by molar-refractivity contribution is -0.141. The highest BCUT2D eigenvalue weighted by Crippen LogP contribution is 1.98. The van der Waals surface area contributed by atoms with Crippen molar-refractivity contribution >= 4 is 36.4 Å². The number of rotatable bonds is 10. The van der Waals surface area contributed by atoms with E-state index in [0.29, 0.717) is 6.42 Å². The van der Waals surface area contributed by atoms with Crippen molar-refractivity contribution in [2.75, 3.05) is 18.8 Å². The van der Waals surface area contributed by atoms with Crippen LogP contribution in [-0.2, 0) is 14.4 Å². The number of carboxylic acid groups (broad SMARTS) is 1. The third kappa shape index (κ3) is 9.02. The third-order valence-electron chi connectivity index (χ3n) is 2.54. The molecule has 10 nitrogen and oxygen atoms in total. The van der Waals surface area contributed by atoms with Crippen LogP contribution in [0.3, 0.4) is 0 Å². The largest absolute Gasteiger partial charge is 0.480 e. The number of guanidine groups is 1. The summed E-state index contributed by atoms with van der Waals surface area (Å²) in [6.07, 6.45) is 0.536. The molecule has 0 fully saturated rings. The van der Waals surface area contributed by atoms with Crippen LogP contribution in [0.25, 0.3) is 0 Å². The quantitative estimate of drug-likeness (QED) is 0.0958. The molecule has 0 spiro atoms. The predicted octanol–water partition coefficient (Wildman–Crippen LogP) is -3.02. The van der Waals surface area contributed by atoms with Gasteiger partial charge in [-0.3, -0.25) is 14.6 Å². The molecule has 0 aromatic rings. The number of aliphatic carboxylic acids is 1. The number of carboxylic acids is 1. The van der Waals surface area contributed by atoms with E-state index in [4.69, 9.17) is 22.3 Å². The number of nitrogens with two attached hydrogens (primary N) is 3. The Balaban J connectivity index is 4.21. The van der Waals surface area contributed by atoms with Gasteiger partial charge < -0.3 is 32.9 Å². The Hall–Kier alpha value is -2.01. The molecule has 2 atom stereocenters. The first-order chi connectivity index (χ1) is 10.3. The molecule has 2 amide bonds. The zero-order valence-corrected chi connectivity index (χ0v) is 12.9. The maximum Gasteiger partial charge on any atom is 0.326 e. The van der Waals surface area contributed by atoms with E-state index >= 15 is 0 Å². The number of carbonyl (C=O) groups is 3. The minimum atomic E-state index is -1.18. The summed E-state index contributed by atoms with van der Waals surface area (Å²) in [4.78, 5) is 37.7. The van der Waals surface area contributed by atoms with Crippen LogP contribution in [0.1, 0.15) is 12.8 Å². The Kier molecular flexibility index (Phi) is 9.70.